The Kier molecular flexibility index (Phi) is 4.45. The summed E-state index contributed by atoms with van der Waals surface area (Å²) in [7, 11) is 0. The molecule has 4 heterocycles. The van der Waals surface area contributed by atoms with Crippen LogP contribution in [-0.4, -0.2) is 54.8 Å². The van der Waals surface area contributed by atoms with Gasteiger partial charge in [-0.15, -0.1) is 11.3 Å². The van der Waals surface area contributed by atoms with Crippen LogP contribution in [0.2, 0.25) is 0 Å². The first-order valence-corrected chi connectivity index (χ1v) is 9.67. The van der Waals surface area contributed by atoms with E-state index >= 15 is 0 Å². The van der Waals surface area contributed by atoms with Gasteiger partial charge in [0.1, 0.15) is 5.69 Å². The van der Waals surface area contributed by atoms with Crippen LogP contribution in [0.15, 0.2) is 17.0 Å². The fraction of sp³-hybridized carbons (Fsp3) is 0.667. The van der Waals surface area contributed by atoms with Crippen molar-refractivity contribution < 1.29 is 14.3 Å². The smallest absolute Gasteiger partial charge is 0.273 e. The second kappa shape index (κ2) is 6.58. The molecule has 0 unspecified atom stereocenters. The van der Waals surface area contributed by atoms with Crippen molar-refractivity contribution in [3.63, 3.8) is 0 Å². The third-order valence-corrected chi connectivity index (χ3v) is 6.41. The van der Waals surface area contributed by atoms with Crippen LogP contribution in [0.3, 0.4) is 0 Å². The van der Waals surface area contributed by atoms with Gasteiger partial charge < -0.3 is 14.4 Å². The number of aryl methyl sites for hydroxylation is 1. The number of thiazole rings is 1. The van der Waals surface area contributed by atoms with Crippen molar-refractivity contribution in [1.29, 1.82) is 0 Å². The lowest BCUT2D eigenvalue weighted by atomic mass is 9.65. The van der Waals surface area contributed by atoms with E-state index in [9.17, 15) is 4.79 Å². The summed E-state index contributed by atoms with van der Waals surface area (Å²) < 4.78 is 11.4. The standard InChI is InChI=1S/C18H24N2O3S/c1-13-19-15(11-24-13)17(21)20-7-2-6-18(12-23-10-5-16(18)20)14-3-8-22-9-4-14/h3,11,16H,2,4-10,12H2,1H3/t16-,18-/m0/s1. The first-order valence-electron chi connectivity index (χ1n) is 8.79. The number of likely N-dealkylation sites (tertiary alicyclic amines) is 1. The van der Waals surface area contributed by atoms with Gasteiger partial charge in [-0.3, -0.25) is 4.79 Å². The molecule has 0 saturated carbocycles. The van der Waals surface area contributed by atoms with Crippen molar-refractivity contribution in [2.24, 2.45) is 5.41 Å². The molecule has 2 fully saturated rings. The monoisotopic (exact) mass is 348 g/mol. The molecule has 6 heteroatoms. The lowest BCUT2D eigenvalue weighted by molar-refractivity contribution is -0.0740. The highest BCUT2D eigenvalue weighted by molar-refractivity contribution is 7.09. The SMILES string of the molecule is Cc1nc(C(=O)N2CCC[C@@]3(C4=CCOCC4)COCC[C@H]23)cs1. The highest BCUT2D eigenvalue weighted by atomic mass is 32.1. The number of carbonyl (C=O) groups is 1. The second-order valence-corrected chi connectivity index (χ2v) is 7.98. The number of piperidine rings is 1. The van der Waals surface area contributed by atoms with Crippen LogP contribution < -0.4 is 0 Å². The zero-order valence-corrected chi connectivity index (χ0v) is 14.9. The summed E-state index contributed by atoms with van der Waals surface area (Å²) >= 11 is 1.54. The van der Waals surface area contributed by atoms with E-state index in [1.165, 1.54) is 5.57 Å². The van der Waals surface area contributed by atoms with E-state index in [2.05, 4.69) is 16.0 Å². The Hall–Kier alpha value is -1.24. The molecular weight excluding hydrogens is 324 g/mol. The van der Waals surface area contributed by atoms with Crippen molar-refractivity contribution >= 4 is 17.2 Å². The predicted octanol–water partition coefficient (Wildman–Crippen LogP) is 2.81. The molecule has 130 valence electrons. The third kappa shape index (κ3) is 2.70. The van der Waals surface area contributed by atoms with Crippen molar-refractivity contribution in [2.75, 3.05) is 33.0 Å². The van der Waals surface area contributed by atoms with Gasteiger partial charge in [0.2, 0.25) is 0 Å². The number of carbonyl (C=O) groups excluding carboxylic acids is 1. The Morgan fingerprint density at radius 1 is 1.42 bits per heavy atom. The zero-order valence-electron chi connectivity index (χ0n) is 14.1. The fourth-order valence-electron chi connectivity index (χ4n) is 4.53. The minimum Gasteiger partial charge on any atom is -0.380 e. The average molecular weight is 348 g/mol. The molecule has 1 amide bonds. The van der Waals surface area contributed by atoms with Crippen LogP contribution >= 0.6 is 11.3 Å². The summed E-state index contributed by atoms with van der Waals surface area (Å²) in [5.74, 6) is 0.0861. The largest absolute Gasteiger partial charge is 0.380 e. The molecule has 0 aliphatic carbocycles. The first kappa shape index (κ1) is 16.2. The Morgan fingerprint density at radius 3 is 3.08 bits per heavy atom. The van der Waals surface area contributed by atoms with Gasteiger partial charge in [-0.2, -0.15) is 0 Å². The number of amides is 1. The zero-order chi connectivity index (χ0) is 16.6. The van der Waals surface area contributed by atoms with Crippen molar-refractivity contribution in [3.05, 3.63) is 27.7 Å². The fourth-order valence-corrected chi connectivity index (χ4v) is 5.12. The van der Waals surface area contributed by atoms with Gasteiger partial charge in [0, 0.05) is 30.0 Å². The van der Waals surface area contributed by atoms with E-state index in [4.69, 9.17) is 9.47 Å². The third-order valence-electron chi connectivity index (χ3n) is 5.63. The molecule has 5 nitrogen and oxygen atoms in total. The van der Waals surface area contributed by atoms with E-state index in [0.29, 0.717) is 12.3 Å². The summed E-state index contributed by atoms with van der Waals surface area (Å²) in [5.41, 5.74) is 2.01. The quantitative estimate of drug-likeness (QED) is 0.771. The van der Waals surface area contributed by atoms with E-state index in [-0.39, 0.29) is 17.4 Å². The molecule has 0 N–H and O–H groups in total. The normalized spacial score (nSPS) is 30.6. The maximum Gasteiger partial charge on any atom is 0.273 e. The molecule has 0 radical (unpaired) electrons. The van der Waals surface area contributed by atoms with E-state index in [1.807, 2.05) is 12.3 Å². The lowest BCUT2D eigenvalue weighted by Crippen LogP contribution is -2.59. The number of fused-ring (bicyclic) bond motifs is 1. The summed E-state index contributed by atoms with van der Waals surface area (Å²) in [4.78, 5) is 19.6. The van der Waals surface area contributed by atoms with Gasteiger partial charge in [-0.1, -0.05) is 11.6 Å². The van der Waals surface area contributed by atoms with Crippen molar-refractivity contribution in [3.8, 4) is 0 Å². The molecule has 4 rings (SSSR count). The molecular formula is C18H24N2O3S. The van der Waals surface area contributed by atoms with Gasteiger partial charge in [-0.25, -0.2) is 4.98 Å². The summed E-state index contributed by atoms with van der Waals surface area (Å²) in [6, 6.07) is 0.221. The van der Waals surface area contributed by atoms with E-state index in [0.717, 1.165) is 57.1 Å². The Bertz CT molecular complexity index is 652. The van der Waals surface area contributed by atoms with Gasteiger partial charge in [-0.05, 0) is 32.6 Å². The van der Waals surface area contributed by atoms with Crippen LogP contribution in [0.4, 0.5) is 0 Å². The maximum atomic E-state index is 13.1. The number of ether oxygens (including phenoxy) is 2. The molecule has 0 spiro atoms. The van der Waals surface area contributed by atoms with Crippen LogP contribution in [-0.2, 0) is 9.47 Å². The molecule has 2 saturated heterocycles. The Morgan fingerprint density at radius 2 is 2.33 bits per heavy atom. The van der Waals surface area contributed by atoms with Crippen LogP contribution in [0.1, 0.15) is 41.2 Å². The topological polar surface area (TPSA) is 51.7 Å². The number of nitrogens with zero attached hydrogens (tertiary/aromatic N) is 2. The van der Waals surface area contributed by atoms with E-state index in [1.54, 1.807) is 11.3 Å². The molecule has 2 atom stereocenters. The number of hydrogen-bond donors (Lipinski definition) is 0. The molecule has 0 aromatic carbocycles. The van der Waals surface area contributed by atoms with Crippen LogP contribution in [0.25, 0.3) is 0 Å². The van der Waals surface area contributed by atoms with Gasteiger partial charge in [0.15, 0.2) is 0 Å². The number of aromatic nitrogens is 1. The summed E-state index contributed by atoms with van der Waals surface area (Å²) in [6.45, 7) is 5.69. The lowest BCUT2D eigenvalue weighted by Gasteiger charge is -2.54. The molecule has 0 bridgehead atoms. The van der Waals surface area contributed by atoms with Gasteiger partial charge in [0.25, 0.3) is 5.91 Å². The predicted molar refractivity (Wildman–Crippen MR) is 92.3 cm³/mol. The molecule has 3 aliphatic rings. The second-order valence-electron chi connectivity index (χ2n) is 6.92. The number of hydrogen-bond acceptors (Lipinski definition) is 5. The summed E-state index contributed by atoms with van der Waals surface area (Å²) in [6.07, 6.45) is 6.22. The van der Waals surface area contributed by atoms with Crippen LogP contribution in [0.5, 0.6) is 0 Å². The van der Waals surface area contributed by atoms with E-state index < -0.39 is 0 Å². The molecule has 24 heavy (non-hydrogen) atoms. The minimum atomic E-state index is -0.0268. The summed E-state index contributed by atoms with van der Waals surface area (Å²) in [5, 5.41) is 2.84. The molecule has 1 aromatic rings. The van der Waals surface area contributed by atoms with Gasteiger partial charge in [0.05, 0.1) is 24.8 Å². The van der Waals surface area contributed by atoms with Gasteiger partial charge >= 0.3 is 0 Å². The highest BCUT2D eigenvalue weighted by Gasteiger charge is 2.50. The Balaban J connectivity index is 1.66. The average Bonchev–Trinajstić information content (AvgIpc) is 3.07. The van der Waals surface area contributed by atoms with Crippen molar-refractivity contribution in [2.45, 2.75) is 38.6 Å². The first-order chi connectivity index (χ1) is 11.7. The Labute approximate surface area is 146 Å². The maximum absolute atomic E-state index is 13.1. The van der Waals surface area contributed by atoms with Crippen LogP contribution in [0, 0.1) is 12.3 Å². The number of rotatable bonds is 2. The highest BCUT2D eigenvalue weighted by Crippen LogP contribution is 2.48. The van der Waals surface area contributed by atoms with Crippen molar-refractivity contribution in [1.82, 2.24) is 9.88 Å². The molecule has 1 aromatic heterocycles. The molecule has 3 aliphatic heterocycles. The minimum absolute atomic E-state index is 0.0268.